The van der Waals surface area contributed by atoms with Crippen molar-refractivity contribution in [2.45, 2.75) is 46.8 Å². The van der Waals surface area contributed by atoms with Crippen LogP contribution in [-0.4, -0.2) is 65.9 Å². The quantitative estimate of drug-likeness (QED) is 0.466. The summed E-state index contributed by atoms with van der Waals surface area (Å²) in [5.41, 5.74) is 0. The summed E-state index contributed by atoms with van der Waals surface area (Å²) in [4.78, 5) is 39.3. The minimum Gasteiger partial charge on any atom is -0.480 e. The lowest BCUT2D eigenvalue weighted by Crippen LogP contribution is -2.70. The SMILES string of the molecule is Cc1nnc(SCC2(C)SC3C(NC(=O)Cc4cccs4)C(=O)N3C2C(=O)O)s1. The van der Waals surface area contributed by atoms with Gasteiger partial charge in [0.1, 0.15) is 22.5 Å². The number of hydrogen-bond acceptors (Lipinski definition) is 9. The molecule has 29 heavy (non-hydrogen) atoms. The second kappa shape index (κ2) is 7.89. The normalized spacial score (nSPS) is 28.1. The van der Waals surface area contributed by atoms with Gasteiger partial charge in [-0.1, -0.05) is 29.2 Å². The highest BCUT2D eigenvalue weighted by molar-refractivity contribution is 8.05. The van der Waals surface area contributed by atoms with Gasteiger partial charge in [-0.2, -0.15) is 0 Å². The molecule has 2 aliphatic heterocycles. The van der Waals surface area contributed by atoms with Gasteiger partial charge in [-0.25, -0.2) is 4.79 Å². The summed E-state index contributed by atoms with van der Waals surface area (Å²) in [6, 6.07) is 2.10. The van der Waals surface area contributed by atoms with Crippen molar-refractivity contribution in [3.63, 3.8) is 0 Å². The maximum atomic E-state index is 12.7. The number of carboxylic acid groups (broad SMARTS) is 1. The third-order valence-electron chi connectivity index (χ3n) is 4.78. The Morgan fingerprint density at radius 1 is 1.41 bits per heavy atom. The van der Waals surface area contributed by atoms with E-state index in [1.54, 1.807) is 0 Å². The summed E-state index contributed by atoms with van der Waals surface area (Å²) in [5.74, 6) is -1.13. The van der Waals surface area contributed by atoms with Crippen LogP contribution < -0.4 is 5.32 Å². The zero-order chi connectivity index (χ0) is 20.8. The van der Waals surface area contributed by atoms with Crippen molar-refractivity contribution in [1.29, 1.82) is 0 Å². The highest BCUT2D eigenvalue weighted by Gasteiger charge is 2.65. The van der Waals surface area contributed by atoms with Crippen LogP contribution in [0.5, 0.6) is 0 Å². The number of fused-ring (bicyclic) bond motifs is 1. The number of thiophene rings is 1. The molecular formula is C17H18N4O4S4. The van der Waals surface area contributed by atoms with E-state index < -0.39 is 22.8 Å². The van der Waals surface area contributed by atoms with Crippen LogP contribution in [0.2, 0.25) is 0 Å². The van der Waals surface area contributed by atoms with E-state index in [1.165, 1.54) is 51.1 Å². The largest absolute Gasteiger partial charge is 0.480 e. The number of carbonyl (C=O) groups excluding carboxylic acids is 2. The number of amides is 2. The Bertz CT molecular complexity index is 949. The second-order valence-corrected chi connectivity index (χ2v) is 12.1. The molecule has 2 fully saturated rings. The van der Waals surface area contributed by atoms with Gasteiger partial charge in [0, 0.05) is 10.6 Å². The maximum Gasteiger partial charge on any atom is 0.327 e. The number of β-lactam (4-membered cyclic amide) rings is 1. The van der Waals surface area contributed by atoms with Crippen molar-refractivity contribution in [2.24, 2.45) is 0 Å². The monoisotopic (exact) mass is 470 g/mol. The van der Waals surface area contributed by atoms with Crippen molar-refractivity contribution in [3.05, 3.63) is 27.4 Å². The number of nitrogens with zero attached hydrogens (tertiary/aromatic N) is 3. The Morgan fingerprint density at radius 3 is 2.83 bits per heavy atom. The Hall–Kier alpha value is -1.63. The zero-order valence-corrected chi connectivity index (χ0v) is 18.8. The van der Waals surface area contributed by atoms with E-state index in [2.05, 4.69) is 15.5 Å². The molecule has 4 unspecified atom stereocenters. The molecule has 0 spiro atoms. The molecule has 2 aliphatic rings. The molecule has 2 N–H and O–H groups in total. The fraction of sp³-hybridized carbons (Fsp3) is 0.471. The Balaban J connectivity index is 1.45. The van der Waals surface area contributed by atoms with E-state index in [1.807, 2.05) is 31.4 Å². The maximum absolute atomic E-state index is 12.7. The van der Waals surface area contributed by atoms with E-state index in [4.69, 9.17) is 0 Å². The molecule has 4 atom stereocenters. The third-order valence-corrected chi connectivity index (χ3v) is 9.80. The molecule has 0 radical (unpaired) electrons. The van der Waals surface area contributed by atoms with Crippen LogP contribution in [-0.2, 0) is 20.8 Å². The summed E-state index contributed by atoms with van der Waals surface area (Å²) in [6.07, 6.45) is 0.213. The Labute approximate surface area is 183 Å². The molecule has 12 heteroatoms. The predicted molar refractivity (Wildman–Crippen MR) is 113 cm³/mol. The van der Waals surface area contributed by atoms with Gasteiger partial charge in [0.05, 0.1) is 11.2 Å². The number of aliphatic carboxylic acids is 1. The van der Waals surface area contributed by atoms with Gasteiger partial charge < -0.3 is 15.3 Å². The fourth-order valence-electron chi connectivity index (χ4n) is 3.48. The lowest BCUT2D eigenvalue weighted by molar-refractivity contribution is -0.161. The highest BCUT2D eigenvalue weighted by atomic mass is 32.2. The number of rotatable bonds is 7. The first-order chi connectivity index (χ1) is 13.8. The molecular weight excluding hydrogens is 452 g/mol. The first kappa shape index (κ1) is 20.6. The van der Waals surface area contributed by atoms with Gasteiger partial charge in [0.15, 0.2) is 4.34 Å². The number of carbonyl (C=O) groups is 3. The highest BCUT2D eigenvalue weighted by Crippen LogP contribution is 2.52. The number of nitrogens with one attached hydrogen (secondary N) is 1. The summed E-state index contributed by atoms with van der Waals surface area (Å²) in [7, 11) is 0. The average Bonchev–Trinajstić information content (AvgIpc) is 3.37. The van der Waals surface area contributed by atoms with Crippen molar-refractivity contribution in [1.82, 2.24) is 20.4 Å². The minimum atomic E-state index is -1.03. The van der Waals surface area contributed by atoms with Crippen LogP contribution in [0.3, 0.4) is 0 Å². The van der Waals surface area contributed by atoms with E-state index in [9.17, 15) is 19.5 Å². The van der Waals surface area contributed by atoms with Gasteiger partial charge in [-0.3, -0.25) is 9.59 Å². The Kier molecular flexibility index (Phi) is 5.62. The van der Waals surface area contributed by atoms with Crippen molar-refractivity contribution >= 4 is 64.0 Å². The van der Waals surface area contributed by atoms with Crippen LogP contribution in [0.25, 0.3) is 0 Å². The predicted octanol–water partition coefficient (Wildman–Crippen LogP) is 1.85. The summed E-state index contributed by atoms with van der Waals surface area (Å²) in [5, 5.41) is 23.0. The van der Waals surface area contributed by atoms with Crippen LogP contribution in [0, 0.1) is 6.92 Å². The van der Waals surface area contributed by atoms with Gasteiger partial charge in [-0.05, 0) is 25.3 Å². The van der Waals surface area contributed by atoms with E-state index in [0.717, 1.165) is 14.2 Å². The molecule has 0 aliphatic carbocycles. The van der Waals surface area contributed by atoms with Gasteiger partial charge in [-0.15, -0.1) is 33.3 Å². The van der Waals surface area contributed by atoms with Crippen molar-refractivity contribution < 1.29 is 19.5 Å². The molecule has 4 rings (SSSR count). The number of thioether (sulfide) groups is 2. The van der Waals surface area contributed by atoms with E-state index in [-0.39, 0.29) is 23.6 Å². The van der Waals surface area contributed by atoms with E-state index in [0.29, 0.717) is 5.75 Å². The van der Waals surface area contributed by atoms with Crippen LogP contribution in [0.15, 0.2) is 21.9 Å². The average molecular weight is 471 g/mol. The van der Waals surface area contributed by atoms with Crippen molar-refractivity contribution in [3.8, 4) is 0 Å². The molecule has 0 saturated carbocycles. The van der Waals surface area contributed by atoms with Crippen LogP contribution in [0.4, 0.5) is 0 Å². The fourth-order valence-corrected chi connectivity index (χ4v) is 8.05. The molecule has 4 heterocycles. The number of aromatic nitrogens is 2. The molecule has 154 valence electrons. The standard InChI is InChI=1S/C17H18N4O4S4/c1-8-19-20-16(28-8)27-7-17(2)12(15(24)25)21-13(23)11(14(21)29-17)18-10(22)6-9-4-3-5-26-9/h3-5,11-12,14H,6-7H2,1-2H3,(H,18,22)(H,24,25). The topological polar surface area (TPSA) is 112 Å². The van der Waals surface area contributed by atoms with Crippen molar-refractivity contribution in [2.75, 3.05) is 5.75 Å². The number of hydrogen-bond donors (Lipinski definition) is 2. The molecule has 2 aromatic rings. The number of aryl methyl sites for hydroxylation is 1. The molecule has 2 aromatic heterocycles. The second-order valence-electron chi connectivity index (χ2n) is 6.98. The summed E-state index contributed by atoms with van der Waals surface area (Å²) < 4.78 is 0.0683. The lowest BCUT2D eigenvalue weighted by Gasteiger charge is -2.43. The molecule has 0 bridgehead atoms. The van der Waals surface area contributed by atoms with Gasteiger partial charge >= 0.3 is 5.97 Å². The summed E-state index contributed by atoms with van der Waals surface area (Å²) >= 11 is 5.82. The molecule has 0 aromatic carbocycles. The minimum absolute atomic E-state index is 0.213. The van der Waals surface area contributed by atoms with Crippen LogP contribution >= 0.6 is 46.2 Å². The Morgan fingerprint density at radius 2 is 2.21 bits per heavy atom. The van der Waals surface area contributed by atoms with E-state index >= 15 is 0 Å². The lowest BCUT2D eigenvalue weighted by atomic mass is 9.96. The number of carboxylic acids is 1. The first-order valence-electron chi connectivity index (χ1n) is 8.76. The zero-order valence-electron chi connectivity index (χ0n) is 15.5. The molecule has 2 amide bonds. The van der Waals surface area contributed by atoms with Gasteiger partial charge in [0.2, 0.25) is 11.8 Å². The molecule has 2 saturated heterocycles. The smallest absolute Gasteiger partial charge is 0.327 e. The first-order valence-corrected chi connectivity index (χ1v) is 12.3. The third kappa shape index (κ3) is 3.90. The van der Waals surface area contributed by atoms with Crippen LogP contribution in [0.1, 0.15) is 16.8 Å². The van der Waals surface area contributed by atoms with Gasteiger partial charge in [0.25, 0.3) is 0 Å². The molecule has 8 nitrogen and oxygen atoms in total. The summed E-state index contributed by atoms with van der Waals surface area (Å²) in [6.45, 7) is 3.72.